The fourth-order valence-electron chi connectivity index (χ4n) is 3.32. The van der Waals surface area contributed by atoms with Gasteiger partial charge in [-0.2, -0.15) is 0 Å². The Labute approximate surface area is 182 Å². The normalized spacial score (nSPS) is 10.7. The number of nitrogens with zero attached hydrogens (tertiary/aromatic N) is 1. The molecule has 1 heterocycles. The average Bonchev–Trinajstić information content (AvgIpc) is 2.94. The van der Waals surface area contributed by atoms with Crippen molar-refractivity contribution in [1.82, 2.24) is 4.57 Å². The molecule has 0 saturated heterocycles. The summed E-state index contributed by atoms with van der Waals surface area (Å²) in [6.45, 7) is 2.16. The molecule has 0 saturated carbocycles. The molecule has 3 aromatic carbocycles. The van der Waals surface area contributed by atoms with Gasteiger partial charge in [0.25, 0.3) is 5.97 Å². The molecule has 0 aliphatic rings. The summed E-state index contributed by atoms with van der Waals surface area (Å²) in [5.74, 6) is -0.337. The largest absolute Gasteiger partial charge is 0.497 e. The molecule has 4 aromatic rings. The van der Waals surface area contributed by atoms with E-state index in [0.29, 0.717) is 12.2 Å². The molecule has 0 spiro atoms. The first kappa shape index (κ1) is 19.0. The number of hydrogen-bond acceptors (Lipinski definition) is 2. The SMILES string of the molecule is CCOC(=O)c1[c-]c2c3ccccc3n(C)c2cc1-c1ccccc1.[Ho]. The van der Waals surface area contributed by atoms with Crippen molar-refractivity contribution in [3.63, 3.8) is 0 Å². The average molecular weight is 493 g/mol. The molecule has 0 aliphatic carbocycles. The van der Waals surface area contributed by atoms with Crippen LogP contribution < -0.4 is 0 Å². The first-order chi connectivity index (χ1) is 12.2. The molecule has 3 nitrogen and oxygen atoms in total. The first-order valence-corrected chi connectivity index (χ1v) is 8.36. The standard InChI is InChI=1S/C22H18NO2.Ho/c1-3-25-22(24)19-13-18-16-11-7-8-12-20(16)23(2)21(18)14-17(19)15-9-5-4-6-10-15;/h4-12,14H,3H2,1-2H3;/q-1;. The molecular weight excluding hydrogens is 475 g/mol. The van der Waals surface area contributed by atoms with Gasteiger partial charge >= 0.3 is 0 Å². The van der Waals surface area contributed by atoms with Crippen LogP contribution in [-0.4, -0.2) is 17.1 Å². The van der Waals surface area contributed by atoms with Crippen LogP contribution in [0, 0.1) is 43.8 Å². The summed E-state index contributed by atoms with van der Waals surface area (Å²) in [5, 5.41) is 2.03. The smallest absolute Gasteiger partial charge is 0.268 e. The third kappa shape index (κ3) is 3.16. The second-order valence-corrected chi connectivity index (χ2v) is 5.98. The Bertz CT molecular complexity index is 1080. The Morgan fingerprint density at radius 1 is 1.04 bits per heavy atom. The molecule has 26 heavy (non-hydrogen) atoms. The number of rotatable bonds is 3. The van der Waals surface area contributed by atoms with Crippen LogP contribution in [0.1, 0.15) is 17.3 Å². The summed E-state index contributed by atoms with van der Waals surface area (Å²) in [5.41, 5.74) is 4.48. The third-order valence-corrected chi connectivity index (χ3v) is 4.52. The Balaban J connectivity index is 0.00000196. The number of carbonyl (C=O) groups excluding carboxylic acids is 1. The van der Waals surface area contributed by atoms with E-state index in [1.807, 2.05) is 56.4 Å². The van der Waals surface area contributed by atoms with E-state index >= 15 is 0 Å². The van der Waals surface area contributed by atoms with Gasteiger partial charge < -0.3 is 9.30 Å². The van der Waals surface area contributed by atoms with Gasteiger partial charge in [-0.1, -0.05) is 76.5 Å². The molecule has 0 aliphatic heterocycles. The van der Waals surface area contributed by atoms with Gasteiger partial charge in [-0.15, -0.1) is 6.07 Å². The minimum Gasteiger partial charge on any atom is -0.497 e. The summed E-state index contributed by atoms with van der Waals surface area (Å²) in [6.07, 6.45) is 0. The number of para-hydroxylation sites is 1. The maximum atomic E-state index is 12.6. The Morgan fingerprint density at radius 2 is 1.73 bits per heavy atom. The second kappa shape index (κ2) is 7.83. The number of carbonyl (C=O) groups is 1. The fourth-order valence-corrected chi connectivity index (χ4v) is 3.32. The van der Waals surface area contributed by atoms with Crippen LogP contribution >= 0.6 is 0 Å². The van der Waals surface area contributed by atoms with Gasteiger partial charge in [-0.25, -0.2) is 0 Å². The van der Waals surface area contributed by atoms with Gasteiger partial charge in [0.05, 0.1) is 6.61 Å². The molecule has 0 amide bonds. The summed E-state index contributed by atoms with van der Waals surface area (Å²) in [6, 6.07) is 23.5. The molecule has 1 radical (unpaired) electrons. The summed E-state index contributed by atoms with van der Waals surface area (Å²) in [7, 11) is 2.04. The van der Waals surface area contributed by atoms with Gasteiger partial charge in [0.15, 0.2) is 0 Å². The van der Waals surface area contributed by atoms with E-state index in [1.54, 1.807) is 0 Å². The van der Waals surface area contributed by atoms with E-state index < -0.39 is 0 Å². The third-order valence-electron chi connectivity index (χ3n) is 4.52. The van der Waals surface area contributed by atoms with E-state index in [-0.39, 0.29) is 43.7 Å². The van der Waals surface area contributed by atoms with Crippen molar-refractivity contribution in [2.45, 2.75) is 6.92 Å². The molecule has 1 aromatic heterocycles. The molecule has 4 rings (SSSR count). The molecule has 4 heteroatoms. The zero-order valence-corrected chi connectivity index (χ0v) is 16.5. The van der Waals surface area contributed by atoms with E-state index in [9.17, 15) is 4.79 Å². The fraction of sp³-hybridized carbons (Fsp3) is 0.136. The van der Waals surface area contributed by atoms with E-state index in [1.165, 1.54) is 0 Å². The van der Waals surface area contributed by atoms with Crippen LogP contribution in [0.5, 0.6) is 0 Å². The summed E-state index contributed by atoms with van der Waals surface area (Å²) < 4.78 is 7.42. The van der Waals surface area contributed by atoms with E-state index in [2.05, 4.69) is 28.8 Å². The second-order valence-electron chi connectivity index (χ2n) is 5.98. The maximum absolute atomic E-state index is 12.6. The Hall–Kier alpha value is -1.81. The first-order valence-electron chi connectivity index (χ1n) is 8.36. The van der Waals surface area contributed by atoms with Crippen molar-refractivity contribution in [2.75, 3.05) is 6.61 Å². The van der Waals surface area contributed by atoms with Gasteiger partial charge in [0.2, 0.25) is 0 Å². The quantitative estimate of drug-likeness (QED) is 0.229. The summed E-state index contributed by atoms with van der Waals surface area (Å²) >= 11 is 0. The predicted molar refractivity (Wildman–Crippen MR) is 101 cm³/mol. The number of aryl methyl sites for hydroxylation is 1. The molecule has 0 bridgehead atoms. The Morgan fingerprint density at radius 3 is 2.46 bits per heavy atom. The summed E-state index contributed by atoms with van der Waals surface area (Å²) in [4.78, 5) is 12.6. The number of esters is 1. The number of aromatic nitrogens is 1. The van der Waals surface area contributed by atoms with E-state index in [0.717, 1.165) is 32.9 Å². The predicted octanol–water partition coefficient (Wildman–Crippen LogP) is 4.98. The van der Waals surface area contributed by atoms with Gasteiger partial charge in [0.1, 0.15) is 0 Å². The van der Waals surface area contributed by atoms with Crippen molar-refractivity contribution in [2.24, 2.45) is 7.05 Å². The van der Waals surface area contributed by atoms with Gasteiger partial charge in [-0.05, 0) is 24.1 Å². The number of benzene rings is 3. The number of fused-ring (bicyclic) bond motifs is 3. The molecular formula is C22H18HoNO2-. The van der Waals surface area contributed by atoms with Crippen molar-refractivity contribution in [1.29, 1.82) is 0 Å². The van der Waals surface area contributed by atoms with Crippen LogP contribution in [0.25, 0.3) is 32.9 Å². The Kier molecular flexibility index (Phi) is 5.71. The molecule has 135 valence electrons. The monoisotopic (exact) mass is 493 g/mol. The van der Waals surface area contributed by atoms with Crippen molar-refractivity contribution in [3.8, 4) is 11.1 Å². The number of ether oxygens (including phenoxy) is 1. The van der Waals surface area contributed by atoms with Crippen LogP contribution in [-0.2, 0) is 11.8 Å². The minimum atomic E-state index is -0.337. The molecule has 0 N–H and O–H groups in total. The van der Waals surface area contributed by atoms with Crippen molar-refractivity contribution in [3.05, 3.63) is 72.3 Å². The molecule has 0 fully saturated rings. The zero-order chi connectivity index (χ0) is 17.4. The van der Waals surface area contributed by atoms with Crippen molar-refractivity contribution < 1.29 is 47.3 Å². The van der Waals surface area contributed by atoms with Crippen LogP contribution in [0.15, 0.2) is 60.7 Å². The van der Waals surface area contributed by atoms with Crippen LogP contribution in [0.4, 0.5) is 0 Å². The minimum absolute atomic E-state index is 0. The topological polar surface area (TPSA) is 31.2 Å². The van der Waals surface area contributed by atoms with Gasteiger partial charge in [-0.3, -0.25) is 4.79 Å². The van der Waals surface area contributed by atoms with Crippen LogP contribution in [0.2, 0.25) is 0 Å². The van der Waals surface area contributed by atoms with Gasteiger partial charge in [0, 0.05) is 50.3 Å². The van der Waals surface area contributed by atoms with Crippen molar-refractivity contribution >= 4 is 27.8 Å². The molecule has 0 atom stereocenters. The van der Waals surface area contributed by atoms with Crippen LogP contribution in [0.3, 0.4) is 0 Å². The maximum Gasteiger partial charge on any atom is 0.268 e. The van der Waals surface area contributed by atoms with E-state index in [4.69, 9.17) is 4.74 Å². The zero-order valence-electron chi connectivity index (χ0n) is 14.5. The molecule has 0 unspecified atom stereocenters. The number of hydrogen-bond donors (Lipinski definition) is 0.